The summed E-state index contributed by atoms with van der Waals surface area (Å²) in [5, 5.41) is 2.69. The van der Waals surface area contributed by atoms with E-state index in [1.807, 2.05) is 85.8 Å². The van der Waals surface area contributed by atoms with Crippen molar-refractivity contribution in [2.24, 2.45) is 4.99 Å². The third-order valence-electron chi connectivity index (χ3n) is 15.5. The number of nitrogens with one attached hydrogen (secondary N) is 1. The van der Waals surface area contributed by atoms with Gasteiger partial charge in [-0.1, -0.05) is 66.2 Å². The number of hydrogen-bond donors (Lipinski definition) is 1. The first-order valence-corrected chi connectivity index (χ1v) is 27.4. The number of pyridine rings is 2. The molecule has 21 heteroatoms. The highest BCUT2D eigenvalue weighted by molar-refractivity contribution is 6.33. The van der Waals surface area contributed by atoms with Gasteiger partial charge in [-0.3, -0.25) is 9.89 Å². The Balaban J connectivity index is 1.15. The van der Waals surface area contributed by atoms with Gasteiger partial charge in [0.2, 0.25) is 0 Å². The summed E-state index contributed by atoms with van der Waals surface area (Å²) in [6, 6.07) is 34.0. The minimum Gasteiger partial charge on any atom is -0.497 e. The lowest BCUT2D eigenvalue weighted by Crippen LogP contribution is -2.45. The molecule has 0 aliphatic carbocycles. The molecule has 0 radical (unpaired) electrons. The molecule has 5 heterocycles. The molecule has 2 unspecified atom stereocenters. The van der Waals surface area contributed by atoms with Crippen molar-refractivity contribution in [2.75, 3.05) is 65.1 Å². The first-order valence-electron chi connectivity index (χ1n) is 27.0. The minimum absolute atomic E-state index is 0.0363. The summed E-state index contributed by atoms with van der Waals surface area (Å²) in [7, 11) is 7.83. The maximum atomic E-state index is 18.6. The number of hydrogen-bond acceptors (Lipinski definition) is 14. The Morgan fingerprint density at radius 3 is 1.76 bits per heavy atom. The Morgan fingerprint density at radius 1 is 0.774 bits per heavy atom. The predicted molar refractivity (Wildman–Crippen MR) is 308 cm³/mol. The average Bonchev–Trinajstić information content (AvgIpc) is 1.59. The third kappa shape index (κ3) is 12.3. The van der Waals surface area contributed by atoms with Gasteiger partial charge in [0, 0.05) is 44.4 Å². The van der Waals surface area contributed by atoms with Gasteiger partial charge in [-0.05, 0) is 116 Å². The van der Waals surface area contributed by atoms with Crippen LogP contribution in [-0.2, 0) is 37.1 Å². The minimum atomic E-state index is -5.08. The standard InChI is InChI=1S/C63H63ClF6N8O6/c1-38-28-49(76(29-40-11-19-44(79-5)20-12-40)30-41-13-21-45(80-6)22-14-41)74-56(53(38)63(68,69)70)51-54(64)57-52-58(55(51)65)84-50(83-36-61(3)34-62(66,67)35-75(61)4)33-78(60(52)73-37-72-57)39(2)48-10-9-27-71-59(48)77(31-42-15-23-46(81-7)24-16-42)32-43-17-25-47(82-8)26-18-43/h9-28,33,39,73H,29-32,34-37H2,1-8H3. The fourth-order valence-corrected chi connectivity index (χ4v) is 11.2. The molecule has 2 aromatic heterocycles. The number of benzene rings is 5. The molecule has 7 aromatic rings. The summed E-state index contributed by atoms with van der Waals surface area (Å²) >= 11 is 7.36. The summed E-state index contributed by atoms with van der Waals surface area (Å²) in [5.74, 6) is -1.90. The Bertz CT molecular complexity index is 3590. The molecule has 1 N–H and O–H groups in total. The van der Waals surface area contributed by atoms with E-state index in [1.54, 1.807) is 88.7 Å². The van der Waals surface area contributed by atoms with E-state index < -0.39 is 70.1 Å². The summed E-state index contributed by atoms with van der Waals surface area (Å²) in [5.41, 5.74) is -0.194. The van der Waals surface area contributed by atoms with Crippen LogP contribution in [0.2, 0.25) is 5.02 Å². The molecule has 0 spiro atoms. The zero-order valence-electron chi connectivity index (χ0n) is 47.6. The molecular formula is C63H63ClF6N8O6. The number of halogens is 7. The lowest BCUT2D eigenvalue weighted by molar-refractivity contribution is -0.137. The largest absolute Gasteiger partial charge is 0.497 e. The molecule has 0 saturated carbocycles. The van der Waals surface area contributed by atoms with Crippen LogP contribution in [0.25, 0.3) is 17.1 Å². The van der Waals surface area contributed by atoms with E-state index in [1.165, 1.54) is 24.1 Å². The fourth-order valence-electron chi connectivity index (χ4n) is 10.9. The molecule has 1 fully saturated rings. The van der Waals surface area contributed by atoms with E-state index >= 15 is 26.3 Å². The van der Waals surface area contributed by atoms with Crippen LogP contribution in [0, 0.1) is 12.7 Å². The van der Waals surface area contributed by atoms with Crippen LogP contribution in [-0.4, -0.2) is 86.5 Å². The molecule has 84 heavy (non-hydrogen) atoms. The summed E-state index contributed by atoms with van der Waals surface area (Å²) < 4.78 is 131. The van der Waals surface area contributed by atoms with Crippen molar-refractivity contribution in [3.8, 4) is 40.0 Å². The van der Waals surface area contributed by atoms with Gasteiger partial charge in [-0.15, -0.1) is 0 Å². The van der Waals surface area contributed by atoms with E-state index in [0.29, 0.717) is 47.5 Å². The number of alkyl halides is 5. The van der Waals surface area contributed by atoms with Gasteiger partial charge < -0.3 is 48.4 Å². The molecule has 14 nitrogen and oxygen atoms in total. The SMILES string of the molecule is COc1ccc(CN(Cc2ccc(OC)cc2)c2cc(C)c(C(F)(F)F)c(-c3c(F)c4c5c(c3Cl)=NCNC=5N(C(C)c3cccnc3N(Cc3ccc(OC)cc3)Cc3ccc(OC)cc3)C=C(OCC3(C)CC(F)(F)CN3C)O4)n2)cc1. The number of rotatable bonds is 20. The highest BCUT2D eigenvalue weighted by Crippen LogP contribution is 2.45. The molecule has 0 amide bonds. The average molecular weight is 1180 g/mol. The summed E-state index contributed by atoms with van der Waals surface area (Å²) in [6.07, 6.45) is -2.50. The second-order valence-corrected chi connectivity index (χ2v) is 21.6. The molecule has 1 saturated heterocycles. The number of ether oxygens (including phenoxy) is 6. The normalized spacial score (nSPS) is 16.7. The number of aryl methyl sites for hydroxylation is 1. The second kappa shape index (κ2) is 24.1. The van der Waals surface area contributed by atoms with Crippen molar-refractivity contribution in [1.29, 1.82) is 0 Å². The van der Waals surface area contributed by atoms with Crippen molar-refractivity contribution in [1.82, 2.24) is 25.1 Å². The van der Waals surface area contributed by atoms with Crippen LogP contribution in [0.15, 0.2) is 139 Å². The monoisotopic (exact) mass is 1180 g/mol. The lowest BCUT2D eigenvalue weighted by Gasteiger charge is -2.34. The molecule has 3 aliphatic heterocycles. The topological polar surface area (TPSA) is 119 Å². The quantitative estimate of drug-likeness (QED) is 0.0730. The molecule has 2 atom stereocenters. The van der Waals surface area contributed by atoms with E-state index in [0.717, 1.165) is 22.3 Å². The highest BCUT2D eigenvalue weighted by atomic mass is 35.5. The van der Waals surface area contributed by atoms with Crippen molar-refractivity contribution in [2.45, 2.75) is 77.1 Å². The Kier molecular flexibility index (Phi) is 16.9. The molecule has 5 aromatic carbocycles. The molecule has 3 aliphatic rings. The summed E-state index contributed by atoms with van der Waals surface area (Å²) in [4.78, 5) is 21.5. The van der Waals surface area contributed by atoms with Crippen LogP contribution in [0.4, 0.5) is 38.0 Å². The maximum absolute atomic E-state index is 18.6. The van der Waals surface area contributed by atoms with Crippen molar-refractivity contribution in [3.05, 3.63) is 194 Å². The number of methoxy groups -OCH3 is 4. The highest BCUT2D eigenvalue weighted by Gasteiger charge is 2.51. The Labute approximate surface area is 488 Å². The maximum Gasteiger partial charge on any atom is 0.418 e. The van der Waals surface area contributed by atoms with Gasteiger partial charge >= 0.3 is 12.1 Å². The number of nitrogens with zero attached hydrogens (tertiary/aromatic N) is 7. The van der Waals surface area contributed by atoms with Gasteiger partial charge in [0.25, 0.3) is 5.92 Å². The van der Waals surface area contributed by atoms with Crippen LogP contribution in [0.3, 0.4) is 0 Å². The van der Waals surface area contributed by atoms with Gasteiger partial charge in [-0.2, -0.15) is 13.2 Å². The van der Waals surface area contributed by atoms with E-state index in [4.69, 9.17) is 55.0 Å². The third-order valence-corrected chi connectivity index (χ3v) is 15.8. The van der Waals surface area contributed by atoms with Gasteiger partial charge in [0.05, 0.1) is 85.2 Å². The zero-order chi connectivity index (χ0) is 59.7. The van der Waals surface area contributed by atoms with Gasteiger partial charge in [0.1, 0.15) is 53.7 Å². The molecule has 10 rings (SSSR count). The fraction of sp³-hybridized carbons (Fsp3) is 0.317. The molecule has 440 valence electrons. The summed E-state index contributed by atoms with van der Waals surface area (Å²) in [6.45, 7) is 4.79. The number of likely N-dealkylation sites (tertiary alicyclic amines) is 1. The lowest BCUT2D eigenvalue weighted by atomic mass is 9.98. The zero-order valence-corrected chi connectivity index (χ0v) is 48.3. The van der Waals surface area contributed by atoms with Crippen LogP contribution in [0.1, 0.15) is 65.3 Å². The predicted octanol–water partition coefficient (Wildman–Crippen LogP) is 12.0. The van der Waals surface area contributed by atoms with E-state index in [2.05, 4.69) is 10.2 Å². The van der Waals surface area contributed by atoms with Gasteiger partial charge in [-0.25, -0.2) is 23.1 Å². The van der Waals surface area contributed by atoms with Crippen LogP contribution >= 0.6 is 11.6 Å². The van der Waals surface area contributed by atoms with Crippen molar-refractivity contribution in [3.63, 3.8) is 0 Å². The van der Waals surface area contributed by atoms with Gasteiger partial charge in [0.15, 0.2) is 11.6 Å². The van der Waals surface area contributed by atoms with E-state index in [-0.39, 0.29) is 60.1 Å². The van der Waals surface area contributed by atoms with Crippen LogP contribution < -0.4 is 49.4 Å². The van der Waals surface area contributed by atoms with Crippen molar-refractivity contribution >= 4 is 29.1 Å². The first kappa shape index (κ1) is 58.8. The van der Waals surface area contributed by atoms with Crippen molar-refractivity contribution < 1.29 is 54.8 Å². The Morgan fingerprint density at radius 2 is 1.29 bits per heavy atom. The smallest absolute Gasteiger partial charge is 0.418 e. The number of likely N-dealkylation sites (N-methyl/N-ethyl adjacent to an activating group) is 1. The Hall–Kier alpha value is -8.36. The number of anilines is 2. The first-order chi connectivity index (χ1) is 40.2. The van der Waals surface area contributed by atoms with Crippen LogP contribution in [0.5, 0.6) is 28.7 Å². The molecular weight excluding hydrogens is 1110 g/mol. The number of aromatic nitrogens is 2. The second-order valence-electron chi connectivity index (χ2n) is 21.2. The molecule has 0 bridgehead atoms. The van der Waals surface area contributed by atoms with E-state index in [9.17, 15) is 0 Å².